The number of hydrogen-bond acceptors (Lipinski definition) is 4. The number of carbonyl (C=O) groups excluding carboxylic acids is 3. The Hall–Kier alpha value is -2.57. The number of amides is 3. The van der Waals surface area contributed by atoms with Crippen molar-refractivity contribution in [1.29, 1.82) is 0 Å². The van der Waals surface area contributed by atoms with Crippen LogP contribution in [0.4, 0.5) is 0 Å². The molecule has 0 aliphatic carbocycles. The van der Waals surface area contributed by atoms with Crippen LogP contribution in [0.1, 0.15) is 26.7 Å². The van der Waals surface area contributed by atoms with Gasteiger partial charge in [-0.05, 0) is 26.0 Å². The summed E-state index contributed by atoms with van der Waals surface area (Å²) < 4.78 is 5.46. The Morgan fingerprint density at radius 1 is 1.19 bits per heavy atom. The van der Waals surface area contributed by atoms with Crippen molar-refractivity contribution >= 4 is 17.7 Å². The lowest BCUT2D eigenvalue weighted by Gasteiger charge is -2.20. The molecule has 1 aromatic rings. The van der Waals surface area contributed by atoms with Crippen molar-refractivity contribution in [3.8, 4) is 5.75 Å². The third kappa shape index (κ3) is 6.06. The fourth-order valence-corrected chi connectivity index (χ4v) is 2.80. The summed E-state index contributed by atoms with van der Waals surface area (Å²) in [4.78, 5) is 37.4. The Balaban J connectivity index is 1.56. The first-order valence-corrected chi connectivity index (χ1v) is 8.99. The highest BCUT2D eigenvalue weighted by Gasteiger charge is 2.35. The van der Waals surface area contributed by atoms with Gasteiger partial charge < -0.3 is 20.3 Å². The van der Waals surface area contributed by atoms with Crippen LogP contribution < -0.4 is 15.4 Å². The molecular formula is C19H27N3O4. The lowest BCUT2D eigenvalue weighted by Crippen LogP contribution is -2.39. The van der Waals surface area contributed by atoms with Crippen molar-refractivity contribution in [2.75, 3.05) is 26.2 Å². The fourth-order valence-electron chi connectivity index (χ4n) is 2.80. The van der Waals surface area contributed by atoms with Gasteiger partial charge in [0.2, 0.25) is 17.7 Å². The Morgan fingerprint density at radius 3 is 2.54 bits per heavy atom. The number of para-hydroxylation sites is 1. The van der Waals surface area contributed by atoms with Gasteiger partial charge in [-0.2, -0.15) is 0 Å². The van der Waals surface area contributed by atoms with Crippen molar-refractivity contribution < 1.29 is 19.1 Å². The zero-order chi connectivity index (χ0) is 18.9. The summed E-state index contributed by atoms with van der Waals surface area (Å²) in [7, 11) is 0. The van der Waals surface area contributed by atoms with Crippen LogP contribution in [0.3, 0.4) is 0 Å². The average Bonchev–Trinajstić information content (AvgIpc) is 3.01. The highest BCUT2D eigenvalue weighted by molar-refractivity contribution is 5.89. The van der Waals surface area contributed by atoms with Crippen LogP contribution in [0, 0.1) is 5.92 Å². The molecule has 7 heteroatoms. The second-order valence-corrected chi connectivity index (χ2v) is 6.59. The number of likely N-dealkylation sites (tertiary alicyclic amines) is 1. The van der Waals surface area contributed by atoms with Crippen LogP contribution in [-0.4, -0.2) is 54.9 Å². The lowest BCUT2D eigenvalue weighted by atomic mass is 10.1. The van der Waals surface area contributed by atoms with E-state index in [2.05, 4.69) is 10.6 Å². The molecule has 7 nitrogen and oxygen atoms in total. The Kier molecular flexibility index (Phi) is 7.44. The van der Waals surface area contributed by atoms with Crippen molar-refractivity contribution in [2.45, 2.75) is 32.7 Å². The minimum absolute atomic E-state index is 0.0202. The van der Waals surface area contributed by atoms with E-state index in [-0.39, 0.29) is 42.5 Å². The first-order valence-electron chi connectivity index (χ1n) is 8.99. The van der Waals surface area contributed by atoms with E-state index in [0.29, 0.717) is 26.2 Å². The fraction of sp³-hybridized carbons (Fsp3) is 0.526. The molecule has 1 aromatic carbocycles. The summed E-state index contributed by atoms with van der Waals surface area (Å²) in [6, 6.07) is 9.42. The van der Waals surface area contributed by atoms with Gasteiger partial charge in [-0.15, -0.1) is 0 Å². The zero-order valence-electron chi connectivity index (χ0n) is 15.4. The van der Waals surface area contributed by atoms with Crippen LogP contribution in [-0.2, 0) is 14.4 Å². The lowest BCUT2D eigenvalue weighted by molar-refractivity contribution is -0.129. The number of nitrogens with zero attached hydrogens (tertiary/aromatic N) is 1. The number of ether oxygens (including phenoxy) is 1. The standard InChI is InChI=1S/C19H27N3O4/c1-14(2)22-13-15(12-18(22)24)19(25)21-10-9-20-17(23)8-11-26-16-6-4-3-5-7-16/h3-7,14-15H,8-13H2,1-2H3,(H,20,23)(H,21,25). The van der Waals surface area contributed by atoms with E-state index in [9.17, 15) is 14.4 Å². The van der Waals surface area contributed by atoms with Gasteiger partial charge in [-0.1, -0.05) is 18.2 Å². The molecule has 1 saturated heterocycles. The van der Waals surface area contributed by atoms with Gasteiger partial charge in [0.1, 0.15) is 5.75 Å². The second-order valence-electron chi connectivity index (χ2n) is 6.59. The maximum absolute atomic E-state index is 12.1. The highest BCUT2D eigenvalue weighted by Crippen LogP contribution is 2.19. The van der Waals surface area contributed by atoms with Crippen LogP contribution in [0.2, 0.25) is 0 Å². The number of nitrogens with one attached hydrogen (secondary N) is 2. The number of rotatable bonds is 9. The maximum Gasteiger partial charge on any atom is 0.225 e. The number of carbonyl (C=O) groups is 3. The van der Waals surface area contributed by atoms with Gasteiger partial charge in [-0.25, -0.2) is 0 Å². The minimum atomic E-state index is -0.306. The van der Waals surface area contributed by atoms with Gasteiger partial charge in [-0.3, -0.25) is 14.4 Å². The number of benzene rings is 1. The van der Waals surface area contributed by atoms with Crippen LogP contribution in [0.25, 0.3) is 0 Å². The van der Waals surface area contributed by atoms with E-state index in [1.54, 1.807) is 4.90 Å². The molecule has 0 saturated carbocycles. The largest absolute Gasteiger partial charge is 0.493 e. The maximum atomic E-state index is 12.1. The summed E-state index contributed by atoms with van der Waals surface area (Å²) in [5.74, 6) is 0.182. The summed E-state index contributed by atoms with van der Waals surface area (Å²) in [5.41, 5.74) is 0. The molecule has 0 spiro atoms. The molecular weight excluding hydrogens is 334 g/mol. The third-order valence-corrected chi connectivity index (χ3v) is 4.24. The van der Waals surface area contributed by atoms with E-state index in [1.807, 2.05) is 44.2 Å². The molecule has 3 amide bonds. The van der Waals surface area contributed by atoms with Crippen molar-refractivity contribution in [3.63, 3.8) is 0 Å². The Labute approximate surface area is 154 Å². The molecule has 0 bridgehead atoms. The van der Waals surface area contributed by atoms with Gasteiger partial charge in [0.05, 0.1) is 18.9 Å². The SMILES string of the molecule is CC(C)N1CC(C(=O)NCCNC(=O)CCOc2ccccc2)CC1=O. The zero-order valence-corrected chi connectivity index (χ0v) is 15.4. The summed E-state index contributed by atoms with van der Waals surface area (Å²) >= 11 is 0. The Bertz CT molecular complexity index is 618. The first-order chi connectivity index (χ1) is 12.5. The van der Waals surface area contributed by atoms with E-state index < -0.39 is 0 Å². The van der Waals surface area contributed by atoms with E-state index in [1.165, 1.54) is 0 Å². The monoisotopic (exact) mass is 361 g/mol. The molecule has 1 unspecified atom stereocenters. The molecule has 0 aromatic heterocycles. The molecule has 1 aliphatic rings. The van der Waals surface area contributed by atoms with Crippen LogP contribution >= 0.6 is 0 Å². The third-order valence-electron chi connectivity index (χ3n) is 4.24. The van der Waals surface area contributed by atoms with Crippen molar-refractivity contribution in [2.24, 2.45) is 5.92 Å². The van der Waals surface area contributed by atoms with Gasteiger partial charge in [0.25, 0.3) is 0 Å². The topological polar surface area (TPSA) is 87.7 Å². The smallest absolute Gasteiger partial charge is 0.225 e. The molecule has 26 heavy (non-hydrogen) atoms. The van der Waals surface area contributed by atoms with E-state index in [0.717, 1.165) is 5.75 Å². The molecule has 0 radical (unpaired) electrons. The average molecular weight is 361 g/mol. The predicted molar refractivity (Wildman–Crippen MR) is 97.5 cm³/mol. The minimum Gasteiger partial charge on any atom is -0.493 e. The summed E-state index contributed by atoms with van der Waals surface area (Å²) in [6.07, 6.45) is 0.510. The molecule has 2 N–H and O–H groups in total. The van der Waals surface area contributed by atoms with Gasteiger partial charge >= 0.3 is 0 Å². The van der Waals surface area contributed by atoms with Crippen molar-refractivity contribution in [3.05, 3.63) is 30.3 Å². The van der Waals surface area contributed by atoms with Crippen molar-refractivity contribution in [1.82, 2.24) is 15.5 Å². The Morgan fingerprint density at radius 2 is 1.88 bits per heavy atom. The van der Waals surface area contributed by atoms with E-state index >= 15 is 0 Å². The normalized spacial score (nSPS) is 16.7. The molecule has 1 atom stereocenters. The molecule has 1 fully saturated rings. The molecule has 142 valence electrons. The van der Waals surface area contributed by atoms with E-state index in [4.69, 9.17) is 4.74 Å². The molecule has 2 rings (SSSR count). The molecule has 1 aliphatic heterocycles. The predicted octanol–water partition coefficient (Wildman–Crippen LogP) is 0.945. The number of hydrogen-bond donors (Lipinski definition) is 2. The van der Waals surface area contributed by atoms with Gasteiger partial charge in [0, 0.05) is 32.1 Å². The van der Waals surface area contributed by atoms with Gasteiger partial charge in [0.15, 0.2) is 0 Å². The first kappa shape index (κ1) is 19.8. The second kappa shape index (κ2) is 9.79. The highest BCUT2D eigenvalue weighted by atomic mass is 16.5. The molecule has 1 heterocycles. The van der Waals surface area contributed by atoms with Crippen LogP contribution in [0.5, 0.6) is 5.75 Å². The quantitative estimate of drug-likeness (QED) is 0.641. The summed E-state index contributed by atoms with van der Waals surface area (Å²) in [5, 5.41) is 5.52. The van der Waals surface area contributed by atoms with Crippen LogP contribution in [0.15, 0.2) is 30.3 Å². The summed E-state index contributed by atoms with van der Waals surface area (Å²) in [6.45, 7) is 5.34.